The molecule has 1 fully saturated rings. The molecule has 1 aliphatic rings. The third kappa shape index (κ3) is 4.26. The van der Waals surface area contributed by atoms with Gasteiger partial charge in [0.25, 0.3) is 5.91 Å². The third-order valence-electron chi connectivity index (χ3n) is 4.27. The zero-order valence-corrected chi connectivity index (χ0v) is 14.8. The van der Waals surface area contributed by atoms with Gasteiger partial charge in [-0.3, -0.25) is 4.79 Å². The van der Waals surface area contributed by atoms with Gasteiger partial charge in [-0.15, -0.1) is 0 Å². The number of piperidine rings is 1. The molecule has 1 amide bonds. The van der Waals surface area contributed by atoms with Crippen molar-refractivity contribution in [2.75, 3.05) is 31.1 Å². The van der Waals surface area contributed by atoms with Gasteiger partial charge in [0.2, 0.25) is 11.8 Å². The summed E-state index contributed by atoms with van der Waals surface area (Å²) in [6.07, 6.45) is 6.32. The molecule has 0 spiro atoms. The fourth-order valence-corrected chi connectivity index (χ4v) is 3.04. The highest BCUT2D eigenvalue weighted by molar-refractivity contribution is 5.96. The smallest absolute Gasteiger partial charge is 0.256 e. The Labute approximate surface area is 152 Å². The van der Waals surface area contributed by atoms with E-state index in [4.69, 9.17) is 4.74 Å². The van der Waals surface area contributed by atoms with Crippen LogP contribution in [0.4, 0.5) is 5.95 Å². The highest BCUT2D eigenvalue weighted by Gasteiger charge is 2.34. The van der Waals surface area contributed by atoms with E-state index in [1.165, 1.54) is 0 Å². The SMILES string of the molecule is CCOc1ncccc1C(=O)NC[C@@]1(O)CCCN(c2ncccn2)C1. The first-order valence-corrected chi connectivity index (χ1v) is 8.72. The number of nitrogens with zero attached hydrogens (tertiary/aromatic N) is 4. The van der Waals surface area contributed by atoms with E-state index in [9.17, 15) is 9.90 Å². The molecular formula is C18H23N5O3. The zero-order valence-electron chi connectivity index (χ0n) is 14.8. The van der Waals surface area contributed by atoms with Crippen LogP contribution in [0.5, 0.6) is 5.88 Å². The van der Waals surface area contributed by atoms with Crippen LogP contribution >= 0.6 is 0 Å². The van der Waals surface area contributed by atoms with Crippen LogP contribution in [0.2, 0.25) is 0 Å². The molecule has 26 heavy (non-hydrogen) atoms. The van der Waals surface area contributed by atoms with E-state index in [1.54, 1.807) is 36.8 Å². The van der Waals surface area contributed by atoms with Crippen molar-refractivity contribution < 1.29 is 14.6 Å². The highest BCUT2D eigenvalue weighted by atomic mass is 16.5. The maximum absolute atomic E-state index is 12.5. The van der Waals surface area contributed by atoms with E-state index < -0.39 is 5.60 Å². The van der Waals surface area contributed by atoms with Gasteiger partial charge in [0, 0.05) is 31.7 Å². The Balaban J connectivity index is 1.64. The summed E-state index contributed by atoms with van der Waals surface area (Å²) in [6, 6.07) is 5.09. The van der Waals surface area contributed by atoms with Crippen LogP contribution in [0.3, 0.4) is 0 Å². The molecule has 8 heteroatoms. The van der Waals surface area contributed by atoms with Crippen molar-refractivity contribution in [1.29, 1.82) is 0 Å². The fraction of sp³-hybridized carbons (Fsp3) is 0.444. The Morgan fingerprint density at radius 1 is 1.31 bits per heavy atom. The summed E-state index contributed by atoms with van der Waals surface area (Å²) < 4.78 is 5.39. The van der Waals surface area contributed by atoms with Crippen LogP contribution in [0.1, 0.15) is 30.1 Å². The number of pyridine rings is 1. The highest BCUT2D eigenvalue weighted by Crippen LogP contribution is 2.23. The lowest BCUT2D eigenvalue weighted by atomic mass is 9.93. The number of hydrogen-bond acceptors (Lipinski definition) is 7. The van der Waals surface area contributed by atoms with E-state index in [0.717, 1.165) is 13.0 Å². The van der Waals surface area contributed by atoms with E-state index >= 15 is 0 Å². The molecule has 2 aromatic rings. The standard InChI is InChI=1S/C18H23N5O3/c1-2-26-16-14(6-3-8-19-16)15(24)22-12-18(25)7-4-11-23(13-18)17-20-9-5-10-21-17/h3,5-6,8-10,25H,2,4,7,11-13H2,1H3,(H,22,24)/t18-/m0/s1. The predicted octanol–water partition coefficient (Wildman–Crippen LogP) is 1.03. The first-order chi connectivity index (χ1) is 12.6. The van der Waals surface area contributed by atoms with E-state index in [-0.39, 0.29) is 12.5 Å². The summed E-state index contributed by atoms with van der Waals surface area (Å²) >= 11 is 0. The number of β-amino-alcohol motifs (C(OH)–C–C–N with tert-alkyl or cyclic N) is 1. The number of ether oxygens (including phenoxy) is 1. The molecule has 3 rings (SSSR count). The Morgan fingerprint density at radius 3 is 2.85 bits per heavy atom. The molecule has 1 atom stereocenters. The topological polar surface area (TPSA) is 100 Å². The minimum atomic E-state index is -1.04. The monoisotopic (exact) mass is 357 g/mol. The molecule has 138 valence electrons. The second-order valence-electron chi connectivity index (χ2n) is 6.27. The van der Waals surface area contributed by atoms with Crippen molar-refractivity contribution in [1.82, 2.24) is 20.3 Å². The first kappa shape index (κ1) is 18.1. The lowest BCUT2D eigenvalue weighted by molar-refractivity contribution is 0.0252. The number of hydrogen-bond donors (Lipinski definition) is 2. The quantitative estimate of drug-likeness (QED) is 0.796. The second-order valence-corrected chi connectivity index (χ2v) is 6.27. The summed E-state index contributed by atoms with van der Waals surface area (Å²) in [4.78, 5) is 27.0. The Kier molecular flexibility index (Phi) is 5.62. The van der Waals surface area contributed by atoms with Gasteiger partial charge in [0.1, 0.15) is 5.56 Å². The predicted molar refractivity (Wildman–Crippen MR) is 96.2 cm³/mol. The number of aromatic nitrogens is 3. The van der Waals surface area contributed by atoms with Crippen molar-refractivity contribution in [3.05, 3.63) is 42.4 Å². The van der Waals surface area contributed by atoms with Crippen molar-refractivity contribution >= 4 is 11.9 Å². The maximum atomic E-state index is 12.5. The van der Waals surface area contributed by atoms with Gasteiger partial charge in [0.05, 0.1) is 18.8 Å². The minimum absolute atomic E-state index is 0.135. The van der Waals surface area contributed by atoms with Crippen LogP contribution in [-0.2, 0) is 0 Å². The molecule has 0 bridgehead atoms. The molecule has 0 aromatic carbocycles. The number of nitrogens with one attached hydrogen (secondary N) is 1. The first-order valence-electron chi connectivity index (χ1n) is 8.72. The van der Waals surface area contributed by atoms with Crippen LogP contribution in [0.15, 0.2) is 36.8 Å². The van der Waals surface area contributed by atoms with Gasteiger partial charge in [-0.1, -0.05) is 0 Å². The Hall–Kier alpha value is -2.74. The molecular weight excluding hydrogens is 334 g/mol. The molecule has 2 aromatic heterocycles. The van der Waals surface area contributed by atoms with Crippen LogP contribution in [0, 0.1) is 0 Å². The van der Waals surface area contributed by atoms with Crippen molar-refractivity contribution in [2.45, 2.75) is 25.4 Å². The number of rotatable bonds is 6. The van der Waals surface area contributed by atoms with Gasteiger partial charge in [-0.25, -0.2) is 15.0 Å². The number of carbonyl (C=O) groups excluding carboxylic acids is 1. The second kappa shape index (κ2) is 8.09. The van der Waals surface area contributed by atoms with Gasteiger partial charge >= 0.3 is 0 Å². The summed E-state index contributed by atoms with van der Waals surface area (Å²) in [7, 11) is 0. The van der Waals surface area contributed by atoms with Crippen molar-refractivity contribution in [3.63, 3.8) is 0 Å². The van der Waals surface area contributed by atoms with Crippen LogP contribution < -0.4 is 15.0 Å². The van der Waals surface area contributed by atoms with Gasteiger partial charge in [-0.2, -0.15) is 0 Å². The molecule has 1 saturated heterocycles. The van der Waals surface area contributed by atoms with Crippen LogP contribution in [0.25, 0.3) is 0 Å². The average Bonchev–Trinajstić information content (AvgIpc) is 2.68. The number of aliphatic hydroxyl groups is 1. The molecule has 0 unspecified atom stereocenters. The van der Waals surface area contributed by atoms with Crippen molar-refractivity contribution in [3.8, 4) is 5.88 Å². The van der Waals surface area contributed by atoms with Gasteiger partial charge in [-0.05, 0) is 38.0 Å². The van der Waals surface area contributed by atoms with E-state index in [0.29, 0.717) is 37.0 Å². The summed E-state index contributed by atoms with van der Waals surface area (Å²) in [6.45, 7) is 3.53. The van der Waals surface area contributed by atoms with Crippen molar-refractivity contribution in [2.24, 2.45) is 0 Å². The van der Waals surface area contributed by atoms with E-state index in [2.05, 4.69) is 20.3 Å². The normalized spacial score (nSPS) is 19.8. The third-order valence-corrected chi connectivity index (χ3v) is 4.27. The molecule has 0 saturated carbocycles. The maximum Gasteiger partial charge on any atom is 0.256 e. The zero-order chi connectivity index (χ0) is 18.4. The lowest BCUT2D eigenvalue weighted by Crippen LogP contribution is -2.54. The summed E-state index contributed by atoms with van der Waals surface area (Å²) in [5.74, 6) is 0.563. The summed E-state index contributed by atoms with van der Waals surface area (Å²) in [5.41, 5.74) is -0.682. The minimum Gasteiger partial charge on any atom is -0.477 e. The number of amides is 1. The van der Waals surface area contributed by atoms with Gasteiger partial charge < -0.3 is 20.1 Å². The Bertz CT molecular complexity index is 743. The van der Waals surface area contributed by atoms with Gasteiger partial charge in [0.15, 0.2) is 0 Å². The number of anilines is 1. The van der Waals surface area contributed by atoms with E-state index in [1.807, 2.05) is 11.8 Å². The molecule has 0 radical (unpaired) electrons. The average molecular weight is 357 g/mol. The fourth-order valence-electron chi connectivity index (χ4n) is 3.04. The van der Waals surface area contributed by atoms with Crippen LogP contribution in [-0.4, -0.2) is 57.8 Å². The molecule has 1 aliphatic heterocycles. The largest absolute Gasteiger partial charge is 0.477 e. The lowest BCUT2D eigenvalue weighted by Gasteiger charge is -2.39. The molecule has 3 heterocycles. The number of carbonyl (C=O) groups is 1. The molecule has 2 N–H and O–H groups in total. The Morgan fingerprint density at radius 2 is 2.08 bits per heavy atom. The molecule has 0 aliphatic carbocycles. The summed E-state index contributed by atoms with van der Waals surface area (Å²) in [5, 5.41) is 13.7. The molecule has 8 nitrogen and oxygen atoms in total.